The van der Waals surface area contributed by atoms with Gasteiger partial charge in [0.05, 0.1) is 13.0 Å². The lowest BCUT2D eigenvalue weighted by molar-refractivity contribution is -0.142. The molecule has 0 aromatic heterocycles. The Morgan fingerprint density at radius 3 is 1.57 bits per heavy atom. The van der Waals surface area contributed by atoms with Crippen molar-refractivity contribution in [1.82, 2.24) is 16.0 Å². The largest absolute Gasteiger partial charge is 0.508 e. The van der Waals surface area contributed by atoms with Crippen LogP contribution in [0.15, 0.2) is 48.5 Å². The third-order valence-electron chi connectivity index (χ3n) is 5.24. The van der Waals surface area contributed by atoms with Crippen LogP contribution in [0.4, 0.5) is 0 Å². The highest BCUT2D eigenvalue weighted by Crippen LogP contribution is 2.14. The number of nitrogens with one attached hydrogen (secondary N) is 3. The second-order valence-electron chi connectivity index (χ2n) is 8.20. The fourth-order valence-electron chi connectivity index (χ4n) is 3.35. The molecule has 0 bridgehead atoms. The zero-order valence-electron chi connectivity index (χ0n) is 19.7. The van der Waals surface area contributed by atoms with Crippen LogP contribution in [0.3, 0.4) is 0 Å². The first-order valence-electron chi connectivity index (χ1n) is 11.2. The van der Waals surface area contributed by atoms with Crippen molar-refractivity contribution in [2.75, 3.05) is 6.54 Å². The van der Waals surface area contributed by atoms with Crippen molar-refractivity contribution in [3.05, 3.63) is 59.7 Å². The number of rotatable bonds is 13. The molecule has 0 aliphatic carbocycles. The number of carboxylic acids is 1. The van der Waals surface area contributed by atoms with E-state index in [1.54, 1.807) is 0 Å². The molecule has 2 rings (SSSR count). The quantitative estimate of drug-likeness (QED) is 0.151. The van der Waals surface area contributed by atoms with Crippen LogP contribution in [0.1, 0.15) is 17.5 Å². The summed E-state index contributed by atoms with van der Waals surface area (Å²) in [5.74, 6) is -4.76. The number of aliphatic carboxylic acids is 1. The van der Waals surface area contributed by atoms with Gasteiger partial charge in [-0.2, -0.15) is 0 Å². The van der Waals surface area contributed by atoms with Crippen molar-refractivity contribution in [2.45, 2.75) is 37.4 Å². The van der Waals surface area contributed by atoms with Crippen LogP contribution in [0.25, 0.3) is 0 Å². The van der Waals surface area contributed by atoms with Crippen LogP contribution in [-0.2, 0) is 36.8 Å². The van der Waals surface area contributed by atoms with Crippen molar-refractivity contribution >= 4 is 29.6 Å². The van der Waals surface area contributed by atoms with Gasteiger partial charge in [-0.1, -0.05) is 24.3 Å². The summed E-state index contributed by atoms with van der Waals surface area (Å²) in [4.78, 5) is 61.0. The first-order valence-corrected chi connectivity index (χ1v) is 11.2. The van der Waals surface area contributed by atoms with Gasteiger partial charge in [0, 0.05) is 12.8 Å². The number of phenolic OH excluding ortho intramolecular Hbond substituents is 2. The molecule has 10 N–H and O–H groups in total. The number of amides is 4. The lowest BCUT2D eigenvalue weighted by Gasteiger charge is -2.24. The van der Waals surface area contributed by atoms with Gasteiger partial charge >= 0.3 is 5.97 Å². The lowest BCUT2D eigenvalue weighted by atomic mass is 10.0. The van der Waals surface area contributed by atoms with Gasteiger partial charge in [0.2, 0.25) is 23.6 Å². The zero-order valence-corrected chi connectivity index (χ0v) is 19.7. The number of carbonyl (C=O) groups excluding carboxylic acids is 4. The van der Waals surface area contributed by atoms with Crippen LogP contribution in [0.2, 0.25) is 0 Å². The molecule has 37 heavy (non-hydrogen) atoms. The van der Waals surface area contributed by atoms with E-state index in [1.165, 1.54) is 48.5 Å². The van der Waals surface area contributed by atoms with E-state index < -0.39 is 60.7 Å². The number of benzene rings is 2. The molecule has 0 heterocycles. The number of carboxylic acid groups (broad SMARTS) is 1. The molecule has 0 spiro atoms. The van der Waals surface area contributed by atoms with Gasteiger partial charge in [-0.15, -0.1) is 0 Å². The Morgan fingerprint density at radius 1 is 0.703 bits per heavy atom. The first-order chi connectivity index (χ1) is 17.5. The van der Waals surface area contributed by atoms with E-state index in [-0.39, 0.29) is 24.3 Å². The second kappa shape index (κ2) is 13.4. The summed E-state index contributed by atoms with van der Waals surface area (Å²) in [7, 11) is 0. The fourth-order valence-corrected chi connectivity index (χ4v) is 3.35. The van der Waals surface area contributed by atoms with Gasteiger partial charge in [0.25, 0.3) is 0 Å². The fraction of sp³-hybridized carbons (Fsp3) is 0.292. The second-order valence-corrected chi connectivity index (χ2v) is 8.20. The first kappa shape index (κ1) is 28.6. The Kier molecular flexibility index (Phi) is 10.4. The number of primary amides is 1. The predicted molar refractivity (Wildman–Crippen MR) is 130 cm³/mol. The maximum Gasteiger partial charge on any atom is 0.326 e. The Hall–Kier alpha value is -4.65. The number of hydrogen-bond acceptors (Lipinski definition) is 8. The minimum absolute atomic E-state index is 0.0106. The van der Waals surface area contributed by atoms with Gasteiger partial charge in [0.1, 0.15) is 29.6 Å². The number of hydrogen-bond donors (Lipinski definition) is 8. The third kappa shape index (κ3) is 9.49. The predicted octanol–water partition coefficient (Wildman–Crippen LogP) is -1.74. The van der Waals surface area contributed by atoms with Crippen LogP contribution in [0.5, 0.6) is 11.5 Å². The van der Waals surface area contributed by atoms with Gasteiger partial charge in [-0.25, -0.2) is 4.79 Å². The van der Waals surface area contributed by atoms with Gasteiger partial charge in [0.15, 0.2) is 0 Å². The Bertz CT molecular complexity index is 1120. The van der Waals surface area contributed by atoms with Crippen molar-refractivity contribution in [1.29, 1.82) is 0 Å². The molecule has 2 aromatic rings. The molecule has 2 aromatic carbocycles. The summed E-state index contributed by atoms with van der Waals surface area (Å²) in [6.07, 6.45) is -0.792. The van der Waals surface area contributed by atoms with Crippen molar-refractivity contribution < 1.29 is 39.3 Å². The van der Waals surface area contributed by atoms with Crippen molar-refractivity contribution in [3.8, 4) is 11.5 Å². The van der Waals surface area contributed by atoms with Gasteiger partial charge in [-0.05, 0) is 35.4 Å². The summed E-state index contributed by atoms with van der Waals surface area (Å²) < 4.78 is 0. The number of carbonyl (C=O) groups is 5. The van der Waals surface area contributed by atoms with E-state index in [9.17, 15) is 39.3 Å². The standard InChI is InChI=1S/C24H29N5O8/c25-12-21(33)27-18(11-20(26)32)23(35)28-17(9-13-1-5-15(30)6-2-13)22(34)29-19(24(36)37)10-14-3-7-16(31)8-4-14/h1-8,17-19,30-31H,9-12,25H2,(H2,26,32)(H,27,33)(H,28,35)(H,29,34)(H,36,37). The zero-order chi connectivity index (χ0) is 27.5. The van der Waals surface area contributed by atoms with Crippen molar-refractivity contribution in [3.63, 3.8) is 0 Å². The van der Waals surface area contributed by atoms with Crippen LogP contribution < -0.4 is 27.4 Å². The summed E-state index contributed by atoms with van der Waals surface area (Å²) in [6.45, 7) is -0.461. The van der Waals surface area contributed by atoms with E-state index in [1.807, 2.05) is 0 Å². The lowest BCUT2D eigenvalue weighted by Crippen LogP contribution is -2.57. The number of aromatic hydroxyl groups is 2. The highest BCUT2D eigenvalue weighted by atomic mass is 16.4. The summed E-state index contributed by atoms with van der Waals surface area (Å²) in [6, 6.07) is 7.37. The average Bonchev–Trinajstić information content (AvgIpc) is 2.84. The van der Waals surface area contributed by atoms with E-state index in [2.05, 4.69) is 16.0 Å². The Morgan fingerprint density at radius 2 is 1.14 bits per heavy atom. The third-order valence-corrected chi connectivity index (χ3v) is 5.24. The molecule has 3 atom stereocenters. The van der Waals surface area contributed by atoms with Gasteiger partial charge in [-0.3, -0.25) is 19.2 Å². The number of nitrogens with two attached hydrogens (primary N) is 2. The maximum atomic E-state index is 13.2. The topological polar surface area (TPSA) is 234 Å². The normalized spacial score (nSPS) is 13.0. The molecule has 0 saturated heterocycles. The molecular weight excluding hydrogens is 486 g/mol. The smallest absolute Gasteiger partial charge is 0.326 e. The van der Waals surface area contributed by atoms with Crippen LogP contribution in [-0.4, -0.2) is 69.6 Å². The molecule has 0 fully saturated rings. The number of phenols is 2. The molecule has 0 aliphatic heterocycles. The molecule has 13 nitrogen and oxygen atoms in total. The van der Waals surface area contributed by atoms with E-state index >= 15 is 0 Å². The molecule has 0 radical (unpaired) electrons. The summed E-state index contributed by atoms with van der Waals surface area (Å²) in [5, 5.41) is 35.7. The molecule has 4 amide bonds. The minimum Gasteiger partial charge on any atom is -0.508 e. The SMILES string of the molecule is NCC(=O)NC(CC(N)=O)C(=O)NC(Cc1ccc(O)cc1)C(=O)NC(Cc1ccc(O)cc1)C(=O)O. The highest BCUT2D eigenvalue weighted by Gasteiger charge is 2.30. The van der Waals surface area contributed by atoms with E-state index in [0.717, 1.165) is 0 Å². The van der Waals surface area contributed by atoms with Crippen LogP contribution in [0, 0.1) is 0 Å². The Balaban J connectivity index is 2.26. The van der Waals surface area contributed by atoms with Gasteiger partial charge < -0.3 is 42.7 Å². The average molecular weight is 516 g/mol. The molecule has 0 saturated carbocycles. The highest BCUT2D eigenvalue weighted by molar-refractivity contribution is 5.95. The molecule has 198 valence electrons. The maximum absolute atomic E-state index is 13.2. The monoisotopic (exact) mass is 515 g/mol. The van der Waals surface area contributed by atoms with E-state index in [0.29, 0.717) is 11.1 Å². The molecule has 3 unspecified atom stereocenters. The molecular formula is C24H29N5O8. The van der Waals surface area contributed by atoms with Crippen molar-refractivity contribution in [2.24, 2.45) is 11.5 Å². The summed E-state index contributed by atoms with van der Waals surface area (Å²) >= 11 is 0. The molecule has 0 aliphatic rings. The Labute approximate surface area is 211 Å². The summed E-state index contributed by atoms with van der Waals surface area (Å²) in [5.41, 5.74) is 11.5. The van der Waals surface area contributed by atoms with E-state index in [4.69, 9.17) is 11.5 Å². The molecule has 13 heteroatoms. The van der Waals surface area contributed by atoms with Crippen LogP contribution >= 0.6 is 0 Å². The minimum atomic E-state index is -1.42.